The molecule has 2 aromatic heterocycles. The lowest BCUT2D eigenvalue weighted by molar-refractivity contribution is 0.161. The number of fused-ring (bicyclic) bond motifs is 1. The topological polar surface area (TPSA) is 35.2 Å². The van der Waals surface area contributed by atoms with E-state index in [0.29, 0.717) is 24.0 Å². The largest absolute Gasteiger partial charge is 0.360 e. The molecule has 1 fully saturated rings. The van der Waals surface area contributed by atoms with Crippen LogP contribution in [0.3, 0.4) is 0 Å². The van der Waals surface area contributed by atoms with Crippen LogP contribution in [0.1, 0.15) is 53.0 Å². The van der Waals surface area contributed by atoms with Crippen LogP contribution < -0.4 is 4.90 Å². The number of aromatic amines is 1. The number of hydrogen-bond acceptors (Lipinski definition) is 3. The van der Waals surface area contributed by atoms with Gasteiger partial charge in [-0.3, -0.25) is 4.90 Å². The van der Waals surface area contributed by atoms with Crippen LogP contribution in [0.5, 0.6) is 0 Å². The highest BCUT2D eigenvalue weighted by molar-refractivity contribution is 5.81. The molecule has 4 nitrogen and oxygen atoms in total. The Morgan fingerprint density at radius 1 is 1.09 bits per heavy atom. The van der Waals surface area contributed by atoms with Gasteiger partial charge in [0.15, 0.2) is 0 Å². The smallest absolute Gasteiger partial charge is 0.129 e. The second-order valence-corrected chi connectivity index (χ2v) is 7.62. The predicted molar refractivity (Wildman–Crippen MR) is 98.3 cm³/mol. The van der Waals surface area contributed by atoms with E-state index in [1.54, 1.807) is 0 Å². The second kappa shape index (κ2) is 6.16. The summed E-state index contributed by atoms with van der Waals surface area (Å²) in [6.45, 7) is 15.9. The minimum absolute atomic E-state index is 0.479. The first-order valence-corrected chi connectivity index (χ1v) is 8.89. The van der Waals surface area contributed by atoms with Gasteiger partial charge in [-0.15, -0.1) is 0 Å². The third-order valence-electron chi connectivity index (χ3n) is 5.10. The van der Waals surface area contributed by atoms with Crippen LogP contribution in [0.15, 0.2) is 18.3 Å². The number of pyridine rings is 1. The van der Waals surface area contributed by atoms with Crippen molar-refractivity contribution in [2.75, 3.05) is 18.0 Å². The molecule has 3 heterocycles. The number of H-pyrrole nitrogens is 1. The molecule has 0 amide bonds. The predicted octanol–water partition coefficient (Wildman–Crippen LogP) is 3.99. The highest BCUT2D eigenvalue weighted by atomic mass is 15.3. The van der Waals surface area contributed by atoms with Crippen LogP contribution in [-0.2, 0) is 0 Å². The van der Waals surface area contributed by atoms with E-state index in [1.165, 1.54) is 5.56 Å². The fourth-order valence-electron chi connectivity index (χ4n) is 3.83. The van der Waals surface area contributed by atoms with Crippen molar-refractivity contribution in [2.24, 2.45) is 0 Å². The number of aromatic nitrogens is 2. The standard InChI is InChI=1S/C19H30N4/c1-12(2)16-9-20-17-7-8-18(21-19(16)17)23-14(5)10-22(13(3)4)11-15(23)6/h7-9,12-15,20H,10-11H2,1-6H3. The summed E-state index contributed by atoms with van der Waals surface area (Å²) in [5.74, 6) is 1.60. The van der Waals surface area contributed by atoms with Crippen LogP contribution in [0.25, 0.3) is 11.0 Å². The summed E-state index contributed by atoms with van der Waals surface area (Å²) in [5, 5.41) is 0. The van der Waals surface area contributed by atoms with Gasteiger partial charge in [0.2, 0.25) is 0 Å². The SMILES string of the molecule is CC(C)c1c[nH]c2ccc(N3C(C)CN(C(C)C)CC3C)nc12. The Kier molecular flexibility index (Phi) is 4.37. The van der Waals surface area contributed by atoms with E-state index in [1.807, 2.05) is 0 Å². The van der Waals surface area contributed by atoms with Gasteiger partial charge < -0.3 is 9.88 Å². The Bertz CT molecular complexity index is 661. The van der Waals surface area contributed by atoms with Crippen molar-refractivity contribution >= 4 is 16.9 Å². The quantitative estimate of drug-likeness (QED) is 0.930. The van der Waals surface area contributed by atoms with E-state index in [-0.39, 0.29) is 0 Å². The van der Waals surface area contributed by atoms with Gasteiger partial charge >= 0.3 is 0 Å². The van der Waals surface area contributed by atoms with Crippen molar-refractivity contribution in [1.29, 1.82) is 0 Å². The molecule has 2 aromatic rings. The fourth-order valence-corrected chi connectivity index (χ4v) is 3.83. The summed E-state index contributed by atoms with van der Waals surface area (Å²) in [6, 6.07) is 5.91. The van der Waals surface area contributed by atoms with Crippen molar-refractivity contribution in [3.63, 3.8) is 0 Å². The highest BCUT2D eigenvalue weighted by Crippen LogP contribution is 2.29. The molecule has 126 valence electrons. The van der Waals surface area contributed by atoms with Gasteiger partial charge in [0.1, 0.15) is 5.82 Å². The molecule has 0 aliphatic carbocycles. The average molecular weight is 314 g/mol. The van der Waals surface area contributed by atoms with E-state index in [4.69, 9.17) is 4.98 Å². The summed E-state index contributed by atoms with van der Waals surface area (Å²) < 4.78 is 0. The molecule has 1 aliphatic heterocycles. The van der Waals surface area contributed by atoms with Crippen LogP contribution in [-0.4, -0.2) is 46.1 Å². The zero-order valence-electron chi connectivity index (χ0n) is 15.3. The van der Waals surface area contributed by atoms with Gasteiger partial charge in [0, 0.05) is 37.4 Å². The monoisotopic (exact) mass is 314 g/mol. The molecule has 0 bridgehead atoms. The molecule has 0 spiro atoms. The van der Waals surface area contributed by atoms with Gasteiger partial charge in [0.25, 0.3) is 0 Å². The molecule has 2 atom stereocenters. The molecule has 23 heavy (non-hydrogen) atoms. The number of rotatable bonds is 3. The Balaban J connectivity index is 1.94. The maximum atomic E-state index is 5.03. The Hall–Kier alpha value is -1.55. The fraction of sp³-hybridized carbons (Fsp3) is 0.632. The van der Waals surface area contributed by atoms with E-state index in [0.717, 1.165) is 29.9 Å². The number of anilines is 1. The molecular formula is C19H30N4. The molecule has 0 radical (unpaired) electrons. The van der Waals surface area contributed by atoms with E-state index < -0.39 is 0 Å². The van der Waals surface area contributed by atoms with Gasteiger partial charge in [-0.1, -0.05) is 13.8 Å². The maximum Gasteiger partial charge on any atom is 0.129 e. The van der Waals surface area contributed by atoms with Crippen LogP contribution in [0.4, 0.5) is 5.82 Å². The first kappa shape index (κ1) is 16.3. The molecule has 3 rings (SSSR count). The van der Waals surface area contributed by atoms with Crippen LogP contribution in [0, 0.1) is 0 Å². The normalized spacial score (nSPS) is 23.4. The third-order valence-corrected chi connectivity index (χ3v) is 5.10. The molecular weight excluding hydrogens is 284 g/mol. The maximum absolute atomic E-state index is 5.03. The summed E-state index contributed by atoms with van der Waals surface area (Å²) in [5.41, 5.74) is 3.57. The van der Waals surface area contributed by atoms with E-state index in [9.17, 15) is 0 Å². The minimum atomic E-state index is 0.479. The average Bonchev–Trinajstić information content (AvgIpc) is 2.89. The van der Waals surface area contributed by atoms with Crippen LogP contribution >= 0.6 is 0 Å². The zero-order chi connectivity index (χ0) is 16.7. The highest BCUT2D eigenvalue weighted by Gasteiger charge is 2.31. The van der Waals surface area contributed by atoms with E-state index in [2.05, 4.69) is 74.7 Å². The number of hydrogen-bond donors (Lipinski definition) is 1. The molecule has 0 aromatic carbocycles. The minimum Gasteiger partial charge on any atom is -0.360 e. The molecule has 4 heteroatoms. The van der Waals surface area contributed by atoms with E-state index >= 15 is 0 Å². The summed E-state index contributed by atoms with van der Waals surface area (Å²) >= 11 is 0. The molecule has 1 saturated heterocycles. The lowest BCUT2D eigenvalue weighted by Gasteiger charge is -2.46. The van der Waals surface area contributed by atoms with Gasteiger partial charge in [-0.05, 0) is 51.3 Å². The van der Waals surface area contributed by atoms with Crippen molar-refractivity contribution in [1.82, 2.24) is 14.9 Å². The number of nitrogens with one attached hydrogen (secondary N) is 1. The zero-order valence-corrected chi connectivity index (χ0v) is 15.3. The molecule has 2 unspecified atom stereocenters. The lowest BCUT2D eigenvalue weighted by Crippen LogP contribution is -2.58. The van der Waals surface area contributed by atoms with Crippen LogP contribution in [0.2, 0.25) is 0 Å². The van der Waals surface area contributed by atoms with Gasteiger partial charge in [-0.2, -0.15) is 0 Å². The summed E-state index contributed by atoms with van der Waals surface area (Å²) in [7, 11) is 0. The number of nitrogens with zero attached hydrogens (tertiary/aromatic N) is 3. The Morgan fingerprint density at radius 3 is 2.30 bits per heavy atom. The summed E-state index contributed by atoms with van der Waals surface area (Å²) in [4.78, 5) is 13.4. The van der Waals surface area contributed by atoms with Gasteiger partial charge in [0.05, 0.1) is 11.0 Å². The van der Waals surface area contributed by atoms with Crippen molar-refractivity contribution in [3.05, 3.63) is 23.9 Å². The van der Waals surface area contributed by atoms with Crippen molar-refractivity contribution in [2.45, 2.75) is 65.6 Å². The Labute approximate surface area is 139 Å². The van der Waals surface area contributed by atoms with Crippen molar-refractivity contribution < 1.29 is 0 Å². The van der Waals surface area contributed by atoms with Gasteiger partial charge in [-0.25, -0.2) is 4.98 Å². The molecule has 1 aliphatic rings. The third kappa shape index (κ3) is 2.97. The first-order chi connectivity index (χ1) is 10.9. The molecule has 1 N–H and O–H groups in total. The first-order valence-electron chi connectivity index (χ1n) is 8.89. The van der Waals surface area contributed by atoms with Crippen molar-refractivity contribution in [3.8, 4) is 0 Å². The lowest BCUT2D eigenvalue weighted by atomic mass is 10.0. The molecule has 0 saturated carbocycles. The number of piperazine rings is 1. The Morgan fingerprint density at radius 2 is 1.74 bits per heavy atom. The summed E-state index contributed by atoms with van der Waals surface area (Å²) in [6.07, 6.45) is 2.11. The second-order valence-electron chi connectivity index (χ2n) is 7.62.